The van der Waals surface area contributed by atoms with E-state index in [4.69, 9.17) is 21.1 Å². The lowest BCUT2D eigenvalue weighted by atomic mass is 10.1. The van der Waals surface area contributed by atoms with Crippen LogP contribution in [-0.4, -0.2) is 17.7 Å². The maximum absolute atomic E-state index is 12.5. The number of amidine groups is 1. The Morgan fingerprint density at radius 3 is 2.58 bits per heavy atom. The summed E-state index contributed by atoms with van der Waals surface area (Å²) in [5, 5.41) is 6.04. The van der Waals surface area contributed by atoms with Crippen LogP contribution in [0.4, 0.5) is 5.69 Å². The molecule has 5 nitrogen and oxygen atoms in total. The van der Waals surface area contributed by atoms with Crippen LogP contribution in [-0.2, 0) is 11.4 Å². The van der Waals surface area contributed by atoms with Crippen molar-refractivity contribution in [2.45, 2.75) is 13.5 Å². The number of hydrogen-bond donors (Lipinski definition) is 1. The molecular weight excluding hydrogens is 492 g/mol. The third kappa shape index (κ3) is 5.40. The number of halogens is 1. The third-order valence-electron chi connectivity index (χ3n) is 5.52. The predicted molar refractivity (Wildman–Crippen MR) is 148 cm³/mol. The van der Waals surface area contributed by atoms with Gasteiger partial charge in [-0.1, -0.05) is 72.3 Å². The SMILES string of the molecule is CCOc1cc(/C=C2\SC(=Nc3ccccc3)NC2=O)cc(Cl)c1OCc1cccc2ccccc12. The molecule has 1 heterocycles. The second-order valence-corrected chi connectivity index (χ2v) is 9.45. The Morgan fingerprint density at radius 1 is 0.972 bits per heavy atom. The van der Waals surface area contributed by atoms with E-state index < -0.39 is 0 Å². The fourth-order valence-corrected chi connectivity index (χ4v) is 5.01. The molecule has 0 aliphatic carbocycles. The Balaban J connectivity index is 1.39. The van der Waals surface area contributed by atoms with Gasteiger partial charge in [0.2, 0.25) is 0 Å². The molecular formula is C29H23ClN2O3S. The molecule has 0 bridgehead atoms. The van der Waals surface area contributed by atoms with Crippen molar-refractivity contribution in [1.29, 1.82) is 0 Å². The molecule has 1 N–H and O–H groups in total. The predicted octanol–water partition coefficient (Wildman–Crippen LogP) is 7.36. The quantitative estimate of drug-likeness (QED) is 0.262. The summed E-state index contributed by atoms with van der Waals surface area (Å²) in [4.78, 5) is 17.5. The number of carbonyl (C=O) groups is 1. The molecule has 0 unspecified atom stereocenters. The van der Waals surface area contributed by atoms with Crippen LogP contribution in [0.3, 0.4) is 0 Å². The van der Waals surface area contributed by atoms with E-state index in [1.165, 1.54) is 11.8 Å². The molecule has 1 aliphatic rings. The number of para-hydroxylation sites is 1. The van der Waals surface area contributed by atoms with Crippen molar-refractivity contribution in [2.75, 3.05) is 6.61 Å². The highest BCUT2D eigenvalue weighted by Crippen LogP contribution is 2.39. The first-order chi connectivity index (χ1) is 17.6. The Labute approximate surface area is 218 Å². The van der Waals surface area contributed by atoms with Crippen LogP contribution in [0.15, 0.2) is 94.8 Å². The minimum atomic E-state index is -0.208. The molecule has 0 saturated carbocycles. The highest BCUT2D eigenvalue weighted by molar-refractivity contribution is 8.18. The van der Waals surface area contributed by atoms with Crippen LogP contribution in [0.2, 0.25) is 5.02 Å². The van der Waals surface area contributed by atoms with Gasteiger partial charge in [-0.2, -0.15) is 0 Å². The number of ether oxygens (including phenoxy) is 2. The number of nitrogens with one attached hydrogen (secondary N) is 1. The Bertz CT molecular complexity index is 1480. The van der Waals surface area contributed by atoms with Crippen LogP contribution in [0.5, 0.6) is 11.5 Å². The van der Waals surface area contributed by atoms with Crippen molar-refractivity contribution < 1.29 is 14.3 Å². The molecule has 4 aromatic carbocycles. The summed E-state index contributed by atoms with van der Waals surface area (Å²) < 4.78 is 12.0. The maximum Gasteiger partial charge on any atom is 0.264 e. The van der Waals surface area contributed by atoms with Gasteiger partial charge in [-0.3, -0.25) is 4.79 Å². The molecule has 5 rings (SSSR count). The van der Waals surface area contributed by atoms with E-state index >= 15 is 0 Å². The number of thioether (sulfide) groups is 1. The van der Waals surface area contributed by atoms with E-state index in [0.29, 0.717) is 39.8 Å². The van der Waals surface area contributed by atoms with Crippen LogP contribution in [0.25, 0.3) is 16.8 Å². The van der Waals surface area contributed by atoms with Gasteiger partial charge in [0, 0.05) is 0 Å². The summed E-state index contributed by atoms with van der Waals surface area (Å²) in [7, 11) is 0. The molecule has 7 heteroatoms. The normalized spacial score (nSPS) is 15.4. The van der Waals surface area contributed by atoms with Gasteiger partial charge in [-0.15, -0.1) is 0 Å². The summed E-state index contributed by atoms with van der Waals surface area (Å²) in [6, 6.07) is 27.4. The lowest BCUT2D eigenvalue weighted by molar-refractivity contribution is -0.115. The van der Waals surface area contributed by atoms with Crippen molar-refractivity contribution in [3.63, 3.8) is 0 Å². The number of benzene rings is 4. The first kappa shape index (κ1) is 24.0. The van der Waals surface area contributed by atoms with E-state index in [1.807, 2.05) is 67.6 Å². The van der Waals surface area contributed by atoms with E-state index in [0.717, 1.165) is 27.6 Å². The molecule has 0 aromatic heterocycles. The zero-order valence-electron chi connectivity index (χ0n) is 19.5. The van der Waals surface area contributed by atoms with E-state index in [1.54, 1.807) is 12.1 Å². The first-order valence-corrected chi connectivity index (χ1v) is 12.7. The van der Waals surface area contributed by atoms with Gasteiger partial charge in [0.15, 0.2) is 16.7 Å². The van der Waals surface area contributed by atoms with Crippen molar-refractivity contribution in [3.05, 3.63) is 106 Å². The van der Waals surface area contributed by atoms with Gasteiger partial charge in [0.1, 0.15) is 6.61 Å². The van der Waals surface area contributed by atoms with Gasteiger partial charge in [0.25, 0.3) is 5.91 Å². The molecule has 1 aliphatic heterocycles. The highest BCUT2D eigenvalue weighted by Gasteiger charge is 2.24. The highest BCUT2D eigenvalue weighted by atomic mass is 35.5. The van der Waals surface area contributed by atoms with Crippen molar-refractivity contribution in [1.82, 2.24) is 5.32 Å². The van der Waals surface area contributed by atoms with Crippen molar-refractivity contribution in [2.24, 2.45) is 4.99 Å². The largest absolute Gasteiger partial charge is 0.490 e. The Hall–Kier alpha value is -3.74. The number of rotatable bonds is 7. The minimum absolute atomic E-state index is 0.208. The molecule has 4 aromatic rings. The van der Waals surface area contributed by atoms with Gasteiger partial charge in [0.05, 0.1) is 22.2 Å². The first-order valence-electron chi connectivity index (χ1n) is 11.5. The molecule has 0 atom stereocenters. The summed E-state index contributed by atoms with van der Waals surface area (Å²) in [6.07, 6.45) is 1.77. The number of fused-ring (bicyclic) bond motifs is 1. The van der Waals surface area contributed by atoms with E-state index in [9.17, 15) is 4.79 Å². The molecule has 1 saturated heterocycles. The summed E-state index contributed by atoms with van der Waals surface area (Å²) >= 11 is 7.93. The molecule has 1 amide bonds. The number of carbonyl (C=O) groups excluding carboxylic acids is 1. The fourth-order valence-electron chi connectivity index (χ4n) is 3.89. The van der Waals surface area contributed by atoms with Crippen LogP contribution in [0, 0.1) is 0 Å². The van der Waals surface area contributed by atoms with Gasteiger partial charge < -0.3 is 14.8 Å². The fraction of sp³-hybridized carbons (Fsp3) is 0.103. The van der Waals surface area contributed by atoms with Crippen molar-refractivity contribution >= 4 is 57.0 Å². The summed E-state index contributed by atoms with van der Waals surface area (Å²) in [5.74, 6) is 0.794. The lowest BCUT2D eigenvalue weighted by Crippen LogP contribution is -2.19. The lowest BCUT2D eigenvalue weighted by Gasteiger charge is -2.15. The second kappa shape index (κ2) is 10.9. The number of hydrogen-bond acceptors (Lipinski definition) is 5. The Kier molecular flexibility index (Phi) is 7.26. The van der Waals surface area contributed by atoms with Gasteiger partial charge in [-0.05, 0) is 70.9 Å². The van der Waals surface area contributed by atoms with E-state index in [2.05, 4.69) is 28.5 Å². The van der Waals surface area contributed by atoms with Gasteiger partial charge >= 0.3 is 0 Å². The molecule has 1 fully saturated rings. The van der Waals surface area contributed by atoms with Gasteiger partial charge in [-0.25, -0.2) is 4.99 Å². The molecule has 180 valence electrons. The zero-order valence-corrected chi connectivity index (χ0v) is 21.1. The summed E-state index contributed by atoms with van der Waals surface area (Å²) in [6.45, 7) is 2.70. The van der Waals surface area contributed by atoms with Crippen LogP contribution in [0.1, 0.15) is 18.1 Å². The Morgan fingerprint density at radius 2 is 1.75 bits per heavy atom. The smallest absolute Gasteiger partial charge is 0.264 e. The number of aliphatic imine (C=N–C) groups is 1. The van der Waals surface area contributed by atoms with Crippen molar-refractivity contribution in [3.8, 4) is 11.5 Å². The van der Waals surface area contributed by atoms with Crippen LogP contribution >= 0.6 is 23.4 Å². The monoisotopic (exact) mass is 514 g/mol. The average Bonchev–Trinajstić information content (AvgIpc) is 3.22. The molecule has 0 radical (unpaired) electrons. The average molecular weight is 515 g/mol. The van der Waals surface area contributed by atoms with Crippen LogP contribution < -0.4 is 14.8 Å². The number of amides is 1. The standard InChI is InChI=1S/C29H23ClN2O3S/c1-2-34-25-16-19(17-26-28(33)32-29(36-26)31-22-12-4-3-5-13-22)15-24(30)27(25)35-18-21-11-8-10-20-9-6-7-14-23(20)21/h3-17H,2,18H2,1H3,(H,31,32,33)/b26-17-. The molecule has 0 spiro atoms. The maximum atomic E-state index is 12.5. The minimum Gasteiger partial charge on any atom is -0.490 e. The third-order valence-corrected chi connectivity index (χ3v) is 6.71. The number of nitrogens with zero attached hydrogens (tertiary/aromatic N) is 1. The van der Waals surface area contributed by atoms with E-state index in [-0.39, 0.29) is 5.91 Å². The summed E-state index contributed by atoms with van der Waals surface area (Å²) in [5.41, 5.74) is 2.57. The zero-order chi connectivity index (χ0) is 24.9. The second-order valence-electron chi connectivity index (χ2n) is 8.01. The topological polar surface area (TPSA) is 59.9 Å². The molecule has 36 heavy (non-hydrogen) atoms.